The van der Waals surface area contributed by atoms with Crippen LogP contribution < -0.4 is 0 Å². The van der Waals surface area contributed by atoms with Gasteiger partial charge in [0.05, 0.1) is 0 Å². The molecule has 2 rings (SSSR count). The number of hydrogen-bond acceptors (Lipinski definition) is 7. The molecule has 8 heteroatoms. The van der Waals surface area contributed by atoms with Crippen LogP contribution in [0.1, 0.15) is 18.6 Å². The van der Waals surface area contributed by atoms with Gasteiger partial charge in [-0.15, -0.1) is 0 Å². The summed E-state index contributed by atoms with van der Waals surface area (Å²) in [7, 11) is 0. The first-order valence-corrected chi connectivity index (χ1v) is 7.23. The van der Waals surface area contributed by atoms with Crippen molar-refractivity contribution in [3.8, 4) is 0 Å². The quantitative estimate of drug-likeness (QED) is 0.791. The van der Waals surface area contributed by atoms with Crippen molar-refractivity contribution in [1.29, 1.82) is 0 Å². The van der Waals surface area contributed by atoms with Crippen LogP contribution in [0, 0.1) is 6.92 Å². The van der Waals surface area contributed by atoms with Crippen molar-refractivity contribution in [2.75, 3.05) is 6.61 Å². The lowest BCUT2D eigenvalue weighted by atomic mass is 10.6. The van der Waals surface area contributed by atoms with E-state index in [-0.39, 0.29) is 0 Å². The third kappa shape index (κ3) is 3.88. The highest BCUT2D eigenvalue weighted by atomic mass is 35.5. The molecule has 96 valence electrons. The van der Waals surface area contributed by atoms with E-state index >= 15 is 0 Å². The molecular formula is C10H11ClN4OS2. The molecule has 0 amide bonds. The summed E-state index contributed by atoms with van der Waals surface area (Å²) < 4.78 is 10.2. The zero-order valence-electron chi connectivity index (χ0n) is 9.88. The SMILES string of the molecule is CCOCc1nc(Cl)cc(Sc2nc(C)ns2)n1. The number of halogens is 1. The van der Waals surface area contributed by atoms with Crippen LogP contribution in [0.2, 0.25) is 5.15 Å². The fourth-order valence-corrected chi connectivity index (χ4v) is 3.05. The van der Waals surface area contributed by atoms with Crippen LogP contribution in [0.5, 0.6) is 0 Å². The summed E-state index contributed by atoms with van der Waals surface area (Å²) in [6, 6.07) is 1.71. The fourth-order valence-electron chi connectivity index (χ4n) is 1.16. The molecule has 5 nitrogen and oxygen atoms in total. The van der Waals surface area contributed by atoms with Crippen molar-refractivity contribution in [3.05, 3.63) is 22.9 Å². The molecule has 0 aromatic carbocycles. The van der Waals surface area contributed by atoms with Crippen molar-refractivity contribution in [3.63, 3.8) is 0 Å². The normalized spacial score (nSPS) is 10.8. The molecule has 0 bridgehead atoms. The standard InChI is InChI=1S/C10H11ClN4OS2/c1-3-16-5-8-13-7(11)4-9(14-8)17-10-12-6(2)15-18-10/h4H,3,5H2,1-2H3. The summed E-state index contributed by atoms with van der Waals surface area (Å²) in [4.78, 5) is 12.7. The van der Waals surface area contributed by atoms with Gasteiger partial charge >= 0.3 is 0 Å². The highest BCUT2D eigenvalue weighted by Crippen LogP contribution is 2.28. The number of ether oxygens (including phenoxy) is 1. The fraction of sp³-hybridized carbons (Fsp3) is 0.400. The molecule has 2 aromatic rings. The third-order valence-corrected chi connectivity index (χ3v) is 3.81. The van der Waals surface area contributed by atoms with Gasteiger partial charge in [-0.3, -0.25) is 0 Å². The second kappa shape index (κ2) is 6.42. The Labute approximate surface area is 118 Å². The van der Waals surface area contributed by atoms with Crippen LogP contribution in [0.25, 0.3) is 0 Å². The van der Waals surface area contributed by atoms with Crippen LogP contribution in [-0.2, 0) is 11.3 Å². The molecule has 0 fully saturated rings. The predicted octanol–water partition coefficient (Wildman–Crippen LogP) is 2.98. The molecule has 0 aliphatic rings. The maximum atomic E-state index is 5.95. The van der Waals surface area contributed by atoms with E-state index in [9.17, 15) is 0 Å². The molecular weight excluding hydrogens is 292 g/mol. The molecule has 0 N–H and O–H groups in total. The lowest BCUT2D eigenvalue weighted by Gasteiger charge is -2.03. The summed E-state index contributed by atoms with van der Waals surface area (Å²) in [5.41, 5.74) is 0. The Morgan fingerprint density at radius 2 is 2.22 bits per heavy atom. The molecule has 0 unspecified atom stereocenters. The number of hydrogen-bond donors (Lipinski definition) is 0. The van der Waals surface area contributed by atoms with E-state index in [1.807, 2.05) is 13.8 Å². The first kappa shape index (κ1) is 13.7. The Kier molecular flexibility index (Phi) is 4.87. The lowest BCUT2D eigenvalue weighted by Crippen LogP contribution is -2.00. The molecule has 0 aliphatic heterocycles. The Balaban J connectivity index is 2.14. The molecule has 0 atom stereocenters. The van der Waals surface area contributed by atoms with Gasteiger partial charge in [-0.05, 0) is 37.1 Å². The van der Waals surface area contributed by atoms with Crippen molar-refractivity contribution in [2.24, 2.45) is 0 Å². The zero-order valence-corrected chi connectivity index (χ0v) is 12.3. The Hall–Kier alpha value is -0.760. The molecule has 0 aliphatic carbocycles. The topological polar surface area (TPSA) is 60.8 Å². The molecule has 0 saturated heterocycles. The van der Waals surface area contributed by atoms with E-state index < -0.39 is 0 Å². The average molecular weight is 303 g/mol. The number of aromatic nitrogens is 4. The maximum absolute atomic E-state index is 5.95. The van der Waals surface area contributed by atoms with Crippen molar-refractivity contribution in [1.82, 2.24) is 19.3 Å². The number of nitrogens with zero attached hydrogens (tertiary/aromatic N) is 4. The molecule has 2 aromatic heterocycles. The average Bonchev–Trinajstić information content (AvgIpc) is 2.71. The van der Waals surface area contributed by atoms with Gasteiger partial charge in [0.15, 0.2) is 10.2 Å². The summed E-state index contributed by atoms with van der Waals surface area (Å²) in [5.74, 6) is 1.34. The van der Waals surface area contributed by atoms with Gasteiger partial charge in [0.1, 0.15) is 22.6 Å². The Morgan fingerprint density at radius 1 is 1.39 bits per heavy atom. The minimum absolute atomic E-state index is 0.361. The first-order valence-electron chi connectivity index (χ1n) is 5.26. The second-order valence-corrected chi connectivity index (χ2v) is 5.70. The minimum atomic E-state index is 0.361. The van der Waals surface area contributed by atoms with Gasteiger partial charge in [-0.1, -0.05) is 11.6 Å². The highest BCUT2D eigenvalue weighted by Gasteiger charge is 2.08. The Morgan fingerprint density at radius 3 is 2.89 bits per heavy atom. The van der Waals surface area contributed by atoms with Crippen LogP contribution in [0.4, 0.5) is 0 Å². The summed E-state index contributed by atoms with van der Waals surface area (Å²) in [5, 5.41) is 1.16. The smallest absolute Gasteiger partial charge is 0.176 e. The van der Waals surface area contributed by atoms with E-state index in [0.29, 0.717) is 24.2 Å². The van der Waals surface area contributed by atoms with Crippen LogP contribution >= 0.6 is 34.9 Å². The molecule has 0 spiro atoms. The van der Waals surface area contributed by atoms with Crippen molar-refractivity contribution < 1.29 is 4.74 Å². The Bertz CT molecular complexity index is 534. The van der Waals surface area contributed by atoms with E-state index in [4.69, 9.17) is 16.3 Å². The van der Waals surface area contributed by atoms with Crippen molar-refractivity contribution in [2.45, 2.75) is 29.8 Å². The number of aryl methyl sites for hydroxylation is 1. The van der Waals surface area contributed by atoms with Crippen LogP contribution in [-0.4, -0.2) is 25.9 Å². The van der Waals surface area contributed by atoms with E-state index in [1.54, 1.807) is 6.07 Å². The van der Waals surface area contributed by atoms with Gasteiger partial charge in [0, 0.05) is 12.7 Å². The molecule has 18 heavy (non-hydrogen) atoms. The first-order chi connectivity index (χ1) is 8.67. The number of rotatable bonds is 5. The van der Waals surface area contributed by atoms with E-state index in [1.165, 1.54) is 23.3 Å². The van der Waals surface area contributed by atoms with Gasteiger partial charge in [-0.25, -0.2) is 15.0 Å². The van der Waals surface area contributed by atoms with Crippen LogP contribution in [0.15, 0.2) is 15.4 Å². The second-order valence-electron chi connectivity index (χ2n) is 3.29. The maximum Gasteiger partial charge on any atom is 0.176 e. The van der Waals surface area contributed by atoms with E-state index in [0.717, 1.165) is 15.2 Å². The predicted molar refractivity (Wildman–Crippen MR) is 71.1 cm³/mol. The molecule has 0 radical (unpaired) electrons. The van der Waals surface area contributed by atoms with E-state index in [2.05, 4.69) is 19.3 Å². The highest BCUT2D eigenvalue weighted by molar-refractivity contribution is 8.00. The largest absolute Gasteiger partial charge is 0.374 e. The van der Waals surface area contributed by atoms with Gasteiger partial charge in [0.25, 0.3) is 0 Å². The van der Waals surface area contributed by atoms with Gasteiger partial charge < -0.3 is 4.74 Å². The zero-order chi connectivity index (χ0) is 13.0. The van der Waals surface area contributed by atoms with Gasteiger partial charge in [-0.2, -0.15) is 4.37 Å². The third-order valence-electron chi connectivity index (χ3n) is 1.85. The monoisotopic (exact) mass is 302 g/mol. The molecule has 2 heterocycles. The minimum Gasteiger partial charge on any atom is -0.374 e. The lowest BCUT2D eigenvalue weighted by molar-refractivity contribution is 0.128. The summed E-state index contributed by atoms with van der Waals surface area (Å²) in [6.45, 7) is 4.76. The summed E-state index contributed by atoms with van der Waals surface area (Å²) in [6.07, 6.45) is 0. The molecule has 0 saturated carbocycles. The van der Waals surface area contributed by atoms with Crippen molar-refractivity contribution >= 4 is 34.9 Å². The van der Waals surface area contributed by atoms with Gasteiger partial charge in [0.2, 0.25) is 0 Å². The summed E-state index contributed by atoms with van der Waals surface area (Å²) >= 11 is 8.71. The van der Waals surface area contributed by atoms with Crippen LogP contribution in [0.3, 0.4) is 0 Å².